The van der Waals surface area contributed by atoms with E-state index in [9.17, 15) is 18.4 Å². The lowest BCUT2D eigenvalue weighted by atomic mass is 10.2. The van der Waals surface area contributed by atoms with Gasteiger partial charge in [-0.2, -0.15) is 0 Å². The van der Waals surface area contributed by atoms with Crippen LogP contribution >= 0.6 is 0 Å². The lowest BCUT2D eigenvalue weighted by Crippen LogP contribution is -2.36. The van der Waals surface area contributed by atoms with E-state index in [1.54, 1.807) is 24.3 Å². The molecule has 0 bridgehead atoms. The molecule has 3 aromatic rings. The summed E-state index contributed by atoms with van der Waals surface area (Å²) in [7, 11) is 0. The number of halogens is 2. The van der Waals surface area contributed by atoms with Crippen LogP contribution in [-0.4, -0.2) is 18.4 Å². The summed E-state index contributed by atoms with van der Waals surface area (Å²) in [4.78, 5) is 25.5. The maximum absolute atomic E-state index is 13.3. The fourth-order valence-corrected chi connectivity index (χ4v) is 2.62. The molecule has 3 rings (SSSR count). The minimum absolute atomic E-state index is 0.101. The van der Waals surface area contributed by atoms with Crippen molar-refractivity contribution in [1.29, 1.82) is 0 Å². The van der Waals surface area contributed by atoms with E-state index >= 15 is 0 Å². The minimum Gasteiger partial charge on any atom is -0.457 e. The Kier molecular flexibility index (Phi) is 6.19. The molecular formula is C22H18F2N2O3. The third kappa shape index (κ3) is 5.38. The highest BCUT2D eigenvalue weighted by Crippen LogP contribution is 2.24. The van der Waals surface area contributed by atoms with E-state index in [4.69, 9.17) is 4.74 Å². The first-order chi connectivity index (χ1) is 13.9. The van der Waals surface area contributed by atoms with Gasteiger partial charge in [0.2, 0.25) is 11.8 Å². The summed E-state index contributed by atoms with van der Waals surface area (Å²) in [6.45, 7) is 1.05. The Labute approximate surface area is 166 Å². The predicted octanol–water partition coefficient (Wildman–Crippen LogP) is 4.75. The largest absolute Gasteiger partial charge is 0.457 e. The van der Waals surface area contributed by atoms with Crippen LogP contribution in [0.5, 0.6) is 11.5 Å². The molecule has 0 fully saturated rings. The highest BCUT2D eigenvalue weighted by molar-refractivity contribution is 6.01. The van der Waals surface area contributed by atoms with Crippen LogP contribution in [0.25, 0.3) is 0 Å². The molecule has 0 aliphatic rings. The predicted molar refractivity (Wildman–Crippen MR) is 106 cm³/mol. The monoisotopic (exact) mass is 396 g/mol. The summed E-state index contributed by atoms with van der Waals surface area (Å²) < 4.78 is 32.0. The SMILES string of the molecule is CC(=O)N(CC(=O)Nc1ccc(F)c(F)c1)c1ccc(Oc2ccccc2)cc1. The molecule has 0 atom stereocenters. The van der Waals surface area contributed by atoms with Crippen molar-refractivity contribution in [3.63, 3.8) is 0 Å². The zero-order valence-corrected chi connectivity index (χ0v) is 15.6. The third-order valence-corrected chi connectivity index (χ3v) is 4.01. The van der Waals surface area contributed by atoms with Crippen molar-refractivity contribution in [2.75, 3.05) is 16.8 Å². The highest BCUT2D eigenvalue weighted by atomic mass is 19.2. The molecule has 0 heterocycles. The normalized spacial score (nSPS) is 10.3. The van der Waals surface area contributed by atoms with E-state index in [0.29, 0.717) is 17.2 Å². The maximum atomic E-state index is 13.3. The van der Waals surface area contributed by atoms with Crippen LogP contribution in [0, 0.1) is 11.6 Å². The van der Waals surface area contributed by atoms with Gasteiger partial charge in [0, 0.05) is 24.4 Å². The lowest BCUT2D eigenvalue weighted by Gasteiger charge is -2.21. The average Bonchev–Trinajstić information content (AvgIpc) is 2.70. The van der Waals surface area contributed by atoms with Crippen molar-refractivity contribution in [3.8, 4) is 11.5 Å². The zero-order valence-electron chi connectivity index (χ0n) is 15.6. The molecule has 2 amide bonds. The number of carbonyl (C=O) groups excluding carboxylic acids is 2. The topological polar surface area (TPSA) is 58.6 Å². The molecule has 0 aromatic heterocycles. The number of carbonyl (C=O) groups is 2. The average molecular weight is 396 g/mol. The highest BCUT2D eigenvalue weighted by Gasteiger charge is 2.16. The number of hydrogen-bond acceptors (Lipinski definition) is 3. The first-order valence-electron chi connectivity index (χ1n) is 8.78. The van der Waals surface area contributed by atoms with Gasteiger partial charge in [0.15, 0.2) is 11.6 Å². The van der Waals surface area contributed by atoms with Crippen LogP contribution in [0.1, 0.15) is 6.92 Å². The Morgan fingerprint density at radius 3 is 2.17 bits per heavy atom. The molecule has 7 heteroatoms. The van der Waals surface area contributed by atoms with Crippen LogP contribution in [-0.2, 0) is 9.59 Å². The molecule has 148 valence electrons. The molecule has 0 saturated heterocycles. The van der Waals surface area contributed by atoms with Crippen LogP contribution in [0.4, 0.5) is 20.2 Å². The number of amides is 2. The Bertz CT molecular complexity index is 1010. The van der Waals surface area contributed by atoms with E-state index in [0.717, 1.165) is 12.1 Å². The van der Waals surface area contributed by atoms with Gasteiger partial charge in [-0.15, -0.1) is 0 Å². The van der Waals surface area contributed by atoms with Crippen molar-refractivity contribution < 1.29 is 23.1 Å². The van der Waals surface area contributed by atoms with Crippen LogP contribution in [0.3, 0.4) is 0 Å². The third-order valence-electron chi connectivity index (χ3n) is 4.01. The van der Waals surface area contributed by atoms with Gasteiger partial charge in [-0.3, -0.25) is 9.59 Å². The Morgan fingerprint density at radius 2 is 1.55 bits per heavy atom. The maximum Gasteiger partial charge on any atom is 0.244 e. The first-order valence-corrected chi connectivity index (χ1v) is 8.78. The van der Waals surface area contributed by atoms with Gasteiger partial charge in [-0.1, -0.05) is 18.2 Å². The molecule has 0 saturated carbocycles. The van der Waals surface area contributed by atoms with Gasteiger partial charge < -0.3 is 15.0 Å². The van der Waals surface area contributed by atoms with Gasteiger partial charge in [0.1, 0.15) is 18.0 Å². The minimum atomic E-state index is -1.07. The number of hydrogen-bond donors (Lipinski definition) is 1. The Balaban J connectivity index is 1.68. The first kappa shape index (κ1) is 20.0. The molecule has 0 aliphatic heterocycles. The van der Waals surface area contributed by atoms with E-state index in [1.165, 1.54) is 17.9 Å². The molecule has 0 radical (unpaired) electrons. The van der Waals surface area contributed by atoms with E-state index < -0.39 is 17.5 Å². The van der Waals surface area contributed by atoms with Crippen molar-refractivity contribution in [3.05, 3.63) is 84.4 Å². The van der Waals surface area contributed by atoms with Crippen LogP contribution in [0.15, 0.2) is 72.8 Å². The molecule has 0 unspecified atom stereocenters. The smallest absolute Gasteiger partial charge is 0.244 e. The van der Waals surface area contributed by atoms with E-state index in [1.807, 2.05) is 30.3 Å². The molecule has 5 nitrogen and oxygen atoms in total. The number of anilines is 2. The number of nitrogens with zero attached hydrogens (tertiary/aromatic N) is 1. The fourth-order valence-electron chi connectivity index (χ4n) is 2.62. The molecular weight excluding hydrogens is 378 g/mol. The number of para-hydroxylation sites is 1. The van der Waals surface area contributed by atoms with Crippen molar-refractivity contribution >= 4 is 23.2 Å². The summed E-state index contributed by atoms with van der Waals surface area (Å²) >= 11 is 0. The molecule has 0 aliphatic carbocycles. The molecule has 29 heavy (non-hydrogen) atoms. The second kappa shape index (κ2) is 8.97. The van der Waals surface area contributed by atoms with Gasteiger partial charge in [0.25, 0.3) is 0 Å². The summed E-state index contributed by atoms with van der Waals surface area (Å²) in [6.07, 6.45) is 0. The number of nitrogens with one attached hydrogen (secondary N) is 1. The van der Waals surface area contributed by atoms with Crippen LogP contribution in [0.2, 0.25) is 0 Å². The second-order valence-electron chi connectivity index (χ2n) is 6.19. The van der Waals surface area contributed by atoms with Gasteiger partial charge in [0.05, 0.1) is 0 Å². The van der Waals surface area contributed by atoms with Gasteiger partial charge in [-0.25, -0.2) is 8.78 Å². The van der Waals surface area contributed by atoms with Gasteiger partial charge >= 0.3 is 0 Å². The molecule has 0 spiro atoms. The van der Waals surface area contributed by atoms with E-state index in [2.05, 4.69) is 5.32 Å². The summed E-state index contributed by atoms with van der Waals surface area (Å²) in [5, 5.41) is 2.44. The summed E-state index contributed by atoms with van der Waals surface area (Å²) in [5.74, 6) is -1.71. The molecule has 1 N–H and O–H groups in total. The number of benzene rings is 3. The Morgan fingerprint density at radius 1 is 0.897 bits per heavy atom. The van der Waals surface area contributed by atoms with Crippen molar-refractivity contribution in [2.24, 2.45) is 0 Å². The number of ether oxygens (including phenoxy) is 1. The fraction of sp³-hybridized carbons (Fsp3) is 0.0909. The lowest BCUT2D eigenvalue weighted by molar-refractivity contribution is -0.120. The van der Waals surface area contributed by atoms with Crippen molar-refractivity contribution in [1.82, 2.24) is 0 Å². The summed E-state index contributed by atoms with van der Waals surface area (Å²) in [5.41, 5.74) is 0.599. The van der Waals surface area contributed by atoms with E-state index in [-0.39, 0.29) is 18.1 Å². The van der Waals surface area contributed by atoms with Gasteiger partial charge in [-0.05, 0) is 48.5 Å². The standard InChI is InChI=1S/C22H18F2N2O3/c1-15(27)26(14-22(28)25-16-7-12-20(23)21(24)13-16)17-8-10-19(11-9-17)29-18-5-3-2-4-6-18/h2-13H,14H2,1H3,(H,25,28). The number of rotatable bonds is 6. The second-order valence-corrected chi connectivity index (χ2v) is 6.19. The van der Waals surface area contributed by atoms with Crippen molar-refractivity contribution in [2.45, 2.75) is 6.92 Å². The Hall–Kier alpha value is -3.74. The summed E-state index contributed by atoms with van der Waals surface area (Å²) in [6, 6.07) is 18.9. The van der Waals surface area contributed by atoms with Crippen LogP contribution < -0.4 is 15.0 Å². The zero-order chi connectivity index (χ0) is 20.8. The quantitative estimate of drug-likeness (QED) is 0.654. The molecule has 3 aromatic carbocycles.